The van der Waals surface area contributed by atoms with Gasteiger partial charge < -0.3 is 5.32 Å². The molecule has 1 aromatic carbocycles. The van der Waals surface area contributed by atoms with Crippen molar-refractivity contribution in [1.82, 2.24) is 9.62 Å². The van der Waals surface area contributed by atoms with Crippen molar-refractivity contribution in [3.05, 3.63) is 33.9 Å². The van der Waals surface area contributed by atoms with Gasteiger partial charge in [-0.1, -0.05) is 19.1 Å². The van der Waals surface area contributed by atoms with Crippen LogP contribution in [0.25, 0.3) is 0 Å². The van der Waals surface area contributed by atoms with Gasteiger partial charge >= 0.3 is 0 Å². The molecule has 8 heteroatoms. The Morgan fingerprint density at radius 3 is 2.73 bits per heavy atom. The predicted octanol–water partition coefficient (Wildman–Crippen LogP) is 1.67. The number of sulfonamides is 1. The van der Waals surface area contributed by atoms with Gasteiger partial charge in [-0.3, -0.25) is 10.1 Å². The lowest BCUT2D eigenvalue weighted by atomic mass is 10.2. The van der Waals surface area contributed by atoms with E-state index in [1.54, 1.807) is 13.0 Å². The fraction of sp³-hybridized carbons (Fsp3) is 0.571. The van der Waals surface area contributed by atoms with Gasteiger partial charge in [0.2, 0.25) is 10.0 Å². The molecule has 0 aliphatic carbocycles. The molecule has 1 heterocycles. The van der Waals surface area contributed by atoms with Crippen LogP contribution in [0.15, 0.2) is 23.1 Å². The molecule has 7 nitrogen and oxygen atoms in total. The number of nitro groups is 1. The zero-order chi connectivity index (χ0) is 16.3. The summed E-state index contributed by atoms with van der Waals surface area (Å²) in [5, 5.41) is 14.4. The fourth-order valence-corrected chi connectivity index (χ4v) is 4.95. The summed E-state index contributed by atoms with van der Waals surface area (Å²) < 4.78 is 27.5. The second-order valence-corrected chi connectivity index (χ2v) is 7.27. The summed E-state index contributed by atoms with van der Waals surface area (Å²) in [4.78, 5) is 10.4. The Bertz CT molecular complexity index is 654. The van der Waals surface area contributed by atoms with Gasteiger partial charge in [0.05, 0.1) is 4.92 Å². The fourth-order valence-electron chi connectivity index (χ4n) is 2.84. The van der Waals surface area contributed by atoms with Crippen LogP contribution >= 0.6 is 0 Å². The van der Waals surface area contributed by atoms with Crippen molar-refractivity contribution in [1.29, 1.82) is 0 Å². The van der Waals surface area contributed by atoms with E-state index in [1.807, 2.05) is 6.92 Å². The lowest BCUT2D eigenvalue weighted by Gasteiger charge is -2.27. The molecule has 22 heavy (non-hydrogen) atoms. The Kier molecular flexibility index (Phi) is 5.15. The Labute approximate surface area is 130 Å². The molecule has 0 spiro atoms. The zero-order valence-corrected chi connectivity index (χ0v) is 13.6. The van der Waals surface area contributed by atoms with Crippen LogP contribution in [0.3, 0.4) is 0 Å². The van der Waals surface area contributed by atoms with E-state index in [2.05, 4.69) is 5.32 Å². The summed E-state index contributed by atoms with van der Waals surface area (Å²) in [5.41, 5.74) is 0.0494. The third-order valence-corrected chi connectivity index (χ3v) is 5.99. The first kappa shape index (κ1) is 16.9. The van der Waals surface area contributed by atoms with Crippen LogP contribution in [0.5, 0.6) is 0 Å². The van der Waals surface area contributed by atoms with Gasteiger partial charge in [-0.25, -0.2) is 8.42 Å². The third-order valence-electron chi connectivity index (χ3n) is 3.84. The van der Waals surface area contributed by atoms with Crippen LogP contribution < -0.4 is 5.32 Å². The molecule has 2 rings (SSSR count). The number of benzene rings is 1. The first-order valence-electron chi connectivity index (χ1n) is 7.36. The number of aryl methyl sites for hydroxylation is 1. The van der Waals surface area contributed by atoms with Crippen LogP contribution in [0.1, 0.15) is 25.3 Å². The van der Waals surface area contributed by atoms with Crippen LogP contribution in [0, 0.1) is 17.0 Å². The van der Waals surface area contributed by atoms with Crippen molar-refractivity contribution in [2.24, 2.45) is 0 Å². The maximum absolute atomic E-state index is 13.0. The highest BCUT2D eigenvalue weighted by Crippen LogP contribution is 2.31. The van der Waals surface area contributed by atoms with Gasteiger partial charge in [0.15, 0.2) is 4.90 Å². The minimum atomic E-state index is -3.90. The van der Waals surface area contributed by atoms with Gasteiger partial charge in [0.25, 0.3) is 5.69 Å². The number of nitrogens with one attached hydrogen (secondary N) is 1. The van der Waals surface area contributed by atoms with Crippen molar-refractivity contribution >= 4 is 15.7 Å². The van der Waals surface area contributed by atoms with E-state index in [0.717, 1.165) is 13.0 Å². The standard InChI is InChI=1S/C14H21N3O4S/c1-3-9-16(12-7-8-15-10-12)22(20,21)14-11(2)5-4-6-13(14)17(18)19/h4-6,12,15H,3,7-10H2,1-2H3. The maximum Gasteiger partial charge on any atom is 0.289 e. The van der Waals surface area contributed by atoms with Crippen LogP contribution in [-0.4, -0.2) is 43.3 Å². The second kappa shape index (κ2) is 6.72. The molecule has 1 aliphatic heterocycles. The normalized spacial score (nSPS) is 18.8. The number of rotatable bonds is 6. The van der Waals surface area contributed by atoms with Gasteiger partial charge in [-0.05, 0) is 31.9 Å². The Balaban J connectivity index is 2.54. The summed E-state index contributed by atoms with van der Waals surface area (Å²) in [6.45, 7) is 5.20. The van der Waals surface area contributed by atoms with E-state index in [-0.39, 0.29) is 16.6 Å². The lowest BCUT2D eigenvalue weighted by molar-refractivity contribution is -0.387. The molecule has 0 saturated carbocycles. The van der Waals surface area contributed by atoms with Crippen molar-refractivity contribution in [3.8, 4) is 0 Å². The van der Waals surface area contributed by atoms with Gasteiger partial charge in [-0.15, -0.1) is 0 Å². The predicted molar refractivity (Wildman–Crippen MR) is 83.3 cm³/mol. The zero-order valence-electron chi connectivity index (χ0n) is 12.8. The molecule has 1 saturated heterocycles. The molecule has 1 aromatic rings. The van der Waals surface area contributed by atoms with Crippen molar-refractivity contribution < 1.29 is 13.3 Å². The van der Waals surface area contributed by atoms with E-state index >= 15 is 0 Å². The van der Waals surface area contributed by atoms with Gasteiger partial charge in [0.1, 0.15) is 0 Å². The summed E-state index contributed by atoms with van der Waals surface area (Å²) in [7, 11) is -3.90. The van der Waals surface area contributed by atoms with E-state index < -0.39 is 14.9 Å². The Morgan fingerprint density at radius 1 is 1.45 bits per heavy atom. The molecule has 0 aromatic heterocycles. The minimum absolute atomic E-state index is 0.149. The summed E-state index contributed by atoms with van der Waals surface area (Å²) >= 11 is 0. The summed E-state index contributed by atoms with van der Waals surface area (Å²) in [5.74, 6) is 0. The minimum Gasteiger partial charge on any atom is -0.315 e. The quantitative estimate of drug-likeness (QED) is 0.634. The molecule has 0 bridgehead atoms. The highest BCUT2D eigenvalue weighted by atomic mass is 32.2. The van der Waals surface area contributed by atoms with Crippen molar-refractivity contribution in [3.63, 3.8) is 0 Å². The van der Waals surface area contributed by atoms with Crippen molar-refractivity contribution in [2.45, 2.75) is 37.6 Å². The van der Waals surface area contributed by atoms with E-state index in [9.17, 15) is 18.5 Å². The highest BCUT2D eigenvalue weighted by molar-refractivity contribution is 7.89. The topological polar surface area (TPSA) is 92.6 Å². The molecule has 1 fully saturated rings. The Morgan fingerprint density at radius 2 is 2.18 bits per heavy atom. The summed E-state index contributed by atoms with van der Waals surface area (Å²) in [6, 6.07) is 4.20. The summed E-state index contributed by atoms with van der Waals surface area (Å²) in [6.07, 6.45) is 1.38. The third kappa shape index (κ3) is 3.13. The van der Waals surface area contributed by atoms with E-state index in [1.165, 1.54) is 16.4 Å². The number of hydrogen-bond donors (Lipinski definition) is 1. The number of nitrogens with zero attached hydrogens (tertiary/aromatic N) is 2. The average molecular weight is 327 g/mol. The van der Waals surface area contributed by atoms with Gasteiger partial charge in [0, 0.05) is 25.2 Å². The molecular weight excluding hydrogens is 306 g/mol. The molecule has 1 unspecified atom stereocenters. The smallest absolute Gasteiger partial charge is 0.289 e. The maximum atomic E-state index is 13.0. The largest absolute Gasteiger partial charge is 0.315 e. The van der Waals surface area contributed by atoms with Crippen LogP contribution in [0.2, 0.25) is 0 Å². The molecule has 0 radical (unpaired) electrons. The molecule has 122 valence electrons. The number of hydrogen-bond acceptors (Lipinski definition) is 5. The Hall–Kier alpha value is -1.51. The monoisotopic (exact) mass is 327 g/mol. The van der Waals surface area contributed by atoms with E-state index in [4.69, 9.17) is 0 Å². The van der Waals surface area contributed by atoms with E-state index in [0.29, 0.717) is 25.1 Å². The number of nitro benzene ring substituents is 1. The van der Waals surface area contributed by atoms with Crippen LogP contribution in [0.4, 0.5) is 5.69 Å². The molecule has 1 N–H and O–H groups in total. The molecule has 1 aliphatic rings. The molecule has 0 amide bonds. The second-order valence-electron chi connectivity index (χ2n) is 5.44. The molecular formula is C14H21N3O4S. The highest BCUT2D eigenvalue weighted by Gasteiger charge is 2.37. The van der Waals surface area contributed by atoms with Crippen LogP contribution in [-0.2, 0) is 10.0 Å². The lowest BCUT2D eigenvalue weighted by Crippen LogP contribution is -2.42. The van der Waals surface area contributed by atoms with Gasteiger partial charge in [-0.2, -0.15) is 4.31 Å². The molecule has 1 atom stereocenters. The SMILES string of the molecule is CCCN(C1CCNC1)S(=O)(=O)c1c(C)cccc1[N+](=O)[O-]. The first-order valence-corrected chi connectivity index (χ1v) is 8.80. The van der Waals surface area contributed by atoms with Crippen molar-refractivity contribution in [2.75, 3.05) is 19.6 Å². The average Bonchev–Trinajstić information content (AvgIpc) is 2.97. The first-order chi connectivity index (χ1) is 10.4.